The lowest BCUT2D eigenvalue weighted by Gasteiger charge is -2.13. The van der Waals surface area contributed by atoms with Gasteiger partial charge in [0.1, 0.15) is 5.75 Å². The van der Waals surface area contributed by atoms with E-state index in [1.165, 1.54) is 31.8 Å². The van der Waals surface area contributed by atoms with Gasteiger partial charge >= 0.3 is 0 Å². The molecular formula is C18H23NO3. The molecule has 0 atom stereocenters. The minimum atomic E-state index is -0.135. The molecule has 1 N–H and O–H groups in total. The monoisotopic (exact) mass is 301 g/mol. The molecule has 22 heavy (non-hydrogen) atoms. The first-order valence-corrected chi connectivity index (χ1v) is 7.83. The van der Waals surface area contributed by atoms with Crippen molar-refractivity contribution < 1.29 is 14.3 Å². The summed E-state index contributed by atoms with van der Waals surface area (Å²) in [6.07, 6.45) is 8.08. The van der Waals surface area contributed by atoms with Gasteiger partial charge in [0.05, 0.1) is 0 Å². The van der Waals surface area contributed by atoms with Gasteiger partial charge in [0, 0.05) is 12.1 Å². The van der Waals surface area contributed by atoms with E-state index in [4.69, 9.17) is 4.74 Å². The molecule has 1 amide bonds. The maximum absolute atomic E-state index is 11.8. The summed E-state index contributed by atoms with van der Waals surface area (Å²) < 4.78 is 5.42. The zero-order chi connectivity index (χ0) is 15.8. The third-order valence-electron chi connectivity index (χ3n) is 3.76. The topological polar surface area (TPSA) is 55.4 Å². The number of ether oxygens (including phenoxy) is 1. The Labute approximate surface area is 131 Å². The number of allylic oxidation sites excluding steroid dienone is 1. The van der Waals surface area contributed by atoms with E-state index in [0.717, 1.165) is 12.8 Å². The number of benzene rings is 1. The van der Waals surface area contributed by atoms with E-state index in [1.807, 2.05) is 0 Å². The molecule has 1 aromatic carbocycles. The van der Waals surface area contributed by atoms with E-state index in [1.54, 1.807) is 24.3 Å². The predicted octanol–water partition coefficient (Wildman–Crippen LogP) is 3.27. The van der Waals surface area contributed by atoms with E-state index in [0.29, 0.717) is 17.9 Å². The lowest BCUT2D eigenvalue weighted by Crippen LogP contribution is -2.30. The van der Waals surface area contributed by atoms with Gasteiger partial charge in [-0.3, -0.25) is 9.59 Å². The third kappa shape index (κ3) is 5.35. The highest BCUT2D eigenvalue weighted by atomic mass is 16.5. The molecule has 4 heteroatoms. The van der Waals surface area contributed by atoms with Crippen LogP contribution in [0.3, 0.4) is 0 Å². The van der Waals surface area contributed by atoms with Gasteiger partial charge in [-0.25, -0.2) is 0 Å². The van der Waals surface area contributed by atoms with E-state index >= 15 is 0 Å². The van der Waals surface area contributed by atoms with Crippen molar-refractivity contribution in [2.45, 2.75) is 39.0 Å². The van der Waals surface area contributed by atoms with Crippen molar-refractivity contribution in [3.63, 3.8) is 0 Å². The average Bonchev–Trinajstić information content (AvgIpc) is 2.54. The van der Waals surface area contributed by atoms with E-state index in [9.17, 15) is 9.59 Å². The molecule has 0 bridgehead atoms. The van der Waals surface area contributed by atoms with Crippen molar-refractivity contribution in [2.24, 2.45) is 0 Å². The number of hydrogen-bond donors (Lipinski definition) is 1. The van der Waals surface area contributed by atoms with Crippen molar-refractivity contribution in [1.82, 2.24) is 5.32 Å². The fourth-order valence-corrected chi connectivity index (χ4v) is 2.50. The highest BCUT2D eigenvalue weighted by Crippen LogP contribution is 2.19. The van der Waals surface area contributed by atoms with Crippen LogP contribution >= 0.6 is 0 Å². The molecule has 0 fully saturated rings. The van der Waals surface area contributed by atoms with Crippen molar-refractivity contribution >= 4 is 11.7 Å². The van der Waals surface area contributed by atoms with Gasteiger partial charge in [0.25, 0.3) is 5.91 Å². The van der Waals surface area contributed by atoms with Crippen molar-refractivity contribution in [3.8, 4) is 5.75 Å². The second-order valence-electron chi connectivity index (χ2n) is 5.58. The van der Waals surface area contributed by atoms with Crippen LogP contribution in [0, 0.1) is 0 Å². The molecule has 0 aliphatic heterocycles. The van der Waals surface area contributed by atoms with Crippen LogP contribution in [0.1, 0.15) is 49.4 Å². The maximum atomic E-state index is 11.8. The molecule has 0 saturated heterocycles. The molecule has 1 aliphatic carbocycles. The highest BCUT2D eigenvalue weighted by molar-refractivity contribution is 5.94. The summed E-state index contributed by atoms with van der Waals surface area (Å²) in [6.45, 7) is 2.13. The first-order valence-electron chi connectivity index (χ1n) is 7.83. The molecule has 1 aliphatic rings. The van der Waals surface area contributed by atoms with Gasteiger partial charge in [-0.2, -0.15) is 0 Å². The molecule has 0 radical (unpaired) electrons. The van der Waals surface area contributed by atoms with Crippen LogP contribution in [0.15, 0.2) is 35.9 Å². The first kappa shape index (κ1) is 16.3. The van der Waals surface area contributed by atoms with E-state index in [-0.39, 0.29) is 18.3 Å². The number of Topliss-reactive ketones (excluding diaryl/α,β-unsaturated/α-hetero) is 1. The summed E-state index contributed by atoms with van der Waals surface area (Å²) in [4.78, 5) is 23.0. The summed E-state index contributed by atoms with van der Waals surface area (Å²) in [5.41, 5.74) is 2.03. The Bertz CT molecular complexity index is 563. The summed E-state index contributed by atoms with van der Waals surface area (Å²) in [6, 6.07) is 6.88. The molecule has 2 rings (SSSR count). The Morgan fingerprint density at radius 2 is 2.14 bits per heavy atom. The zero-order valence-electron chi connectivity index (χ0n) is 13.1. The molecule has 0 unspecified atom stereocenters. The number of rotatable bonds is 7. The number of hydrogen-bond acceptors (Lipinski definition) is 3. The van der Waals surface area contributed by atoms with Crippen LogP contribution in [0.5, 0.6) is 5.75 Å². The van der Waals surface area contributed by atoms with Gasteiger partial charge in [-0.15, -0.1) is 0 Å². The molecule has 118 valence electrons. The molecule has 4 nitrogen and oxygen atoms in total. The second-order valence-corrected chi connectivity index (χ2v) is 5.58. The summed E-state index contributed by atoms with van der Waals surface area (Å²) in [7, 11) is 0. The highest BCUT2D eigenvalue weighted by Gasteiger charge is 2.07. The van der Waals surface area contributed by atoms with Crippen LogP contribution in [-0.4, -0.2) is 24.8 Å². The van der Waals surface area contributed by atoms with Crippen LogP contribution in [0.25, 0.3) is 0 Å². The van der Waals surface area contributed by atoms with Crippen LogP contribution in [-0.2, 0) is 4.79 Å². The lowest BCUT2D eigenvalue weighted by molar-refractivity contribution is -0.123. The Hall–Kier alpha value is -2.10. The minimum Gasteiger partial charge on any atom is -0.484 e. The standard InChI is InChI=1S/C18H23NO3/c1-14(20)16-8-5-9-17(12-16)22-13-18(21)19-11-10-15-6-3-2-4-7-15/h5-6,8-9,12H,2-4,7,10-11,13H2,1H3,(H,19,21). The largest absolute Gasteiger partial charge is 0.484 e. The Morgan fingerprint density at radius 3 is 2.86 bits per heavy atom. The van der Waals surface area contributed by atoms with Crippen LogP contribution < -0.4 is 10.1 Å². The molecular weight excluding hydrogens is 278 g/mol. The van der Waals surface area contributed by atoms with Crippen molar-refractivity contribution in [1.29, 1.82) is 0 Å². The van der Waals surface area contributed by atoms with E-state index < -0.39 is 0 Å². The SMILES string of the molecule is CC(=O)c1cccc(OCC(=O)NCCC2=CCCCC2)c1. The number of carbonyl (C=O) groups is 2. The number of nitrogens with one attached hydrogen (secondary N) is 1. The van der Waals surface area contributed by atoms with Crippen LogP contribution in [0.2, 0.25) is 0 Å². The third-order valence-corrected chi connectivity index (χ3v) is 3.76. The normalized spacial score (nSPS) is 14.1. The van der Waals surface area contributed by atoms with Gasteiger partial charge < -0.3 is 10.1 Å². The van der Waals surface area contributed by atoms with Gasteiger partial charge in [-0.05, 0) is 51.2 Å². The van der Waals surface area contributed by atoms with Crippen LogP contribution in [0.4, 0.5) is 0 Å². The summed E-state index contributed by atoms with van der Waals surface area (Å²) in [5, 5.41) is 2.87. The van der Waals surface area contributed by atoms with Gasteiger partial charge in [-0.1, -0.05) is 23.8 Å². The smallest absolute Gasteiger partial charge is 0.257 e. The minimum absolute atomic E-state index is 0.0179. The van der Waals surface area contributed by atoms with Gasteiger partial charge in [0.15, 0.2) is 12.4 Å². The Balaban J connectivity index is 1.70. The fraction of sp³-hybridized carbons (Fsp3) is 0.444. The number of carbonyl (C=O) groups excluding carboxylic acids is 2. The maximum Gasteiger partial charge on any atom is 0.257 e. The predicted molar refractivity (Wildman–Crippen MR) is 86.1 cm³/mol. The lowest BCUT2D eigenvalue weighted by atomic mass is 9.97. The Morgan fingerprint density at radius 1 is 1.27 bits per heavy atom. The average molecular weight is 301 g/mol. The second kappa shape index (κ2) is 8.37. The molecule has 0 aromatic heterocycles. The molecule has 0 saturated carbocycles. The quantitative estimate of drug-likeness (QED) is 0.621. The summed E-state index contributed by atoms with van der Waals surface area (Å²) in [5.74, 6) is 0.387. The molecule has 0 spiro atoms. The van der Waals surface area contributed by atoms with Crippen molar-refractivity contribution in [3.05, 3.63) is 41.5 Å². The first-order chi connectivity index (χ1) is 10.6. The molecule has 1 aromatic rings. The fourth-order valence-electron chi connectivity index (χ4n) is 2.50. The Kier molecular flexibility index (Phi) is 6.19. The zero-order valence-corrected chi connectivity index (χ0v) is 13.1. The van der Waals surface area contributed by atoms with Gasteiger partial charge in [0.2, 0.25) is 0 Å². The van der Waals surface area contributed by atoms with E-state index in [2.05, 4.69) is 11.4 Å². The summed E-state index contributed by atoms with van der Waals surface area (Å²) >= 11 is 0. The molecule has 0 heterocycles. The van der Waals surface area contributed by atoms with Crippen molar-refractivity contribution in [2.75, 3.05) is 13.2 Å². The number of ketones is 1. The number of amides is 1.